The molecular formula is C24H19N5O. The van der Waals surface area contributed by atoms with Crippen molar-refractivity contribution in [1.82, 2.24) is 19.7 Å². The number of hydrogen-bond acceptors (Lipinski definition) is 3. The molecule has 3 heterocycles. The molecule has 6 nitrogen and oxygen atoms in total. The van der Waals surface area contributed by atoms with E-state index in [2.05, 4.69) is 20.4 Å². The van der Waals surface area contributed by atoms with Crippen molar-refractivity contribution in [2.24, 2.45) is 0 Å². The minimum absolute atomic E-state index is 0.208. The SMILES string of the molecule is O=C(Nc1c[nH]c2ncc(-c3ccccc3)cc12)c1cnn(Cc2ccccc2)c1. The highest BCUT2D eigenvalue weighted by Gasteiger charge is 2.13. The van der Waals surface area contributed by atoms with Gasteiger partial charge in [-0.2, -0.15) is 5.10 Å². The summed E-state index contributed by atoms with van der Waals surface area (Å²) in [7, 11) is 0. The lowest BCUT2D eigenvalue weighted by atomic mass is 10.1. The highest BCUT2D eigenvalue weighted by molar-refractivity contribution is 6.08. The van der Waals surface area contributed by atoms with Crippen LogP contribution in [0.3, 0.4) is 0 Å². The summed E-state index contributed by atoms with van der Waals surface area (Å²) in [6.45, 7) is 0.617. The first-order chi connectivity index (χ1) is 14.8. The number of amides is 1. The van der Waals surface area contributed by atoms with Crippen molar-refractivity contribution in [2.75, 3.05) is 5.32 Å². The van der Waals surface area contributed by atoms with Crippen LogP contribution in [0, 0.1) is 0 Å². The molecule has 146 valence electrons. The number of aromatic amines is 1. The smallest absolute Gasteiger partial charge is 0.258 e. The van der Waals surface area contributed by atoms with E-state index in [9.17, 15) is 4.79 Å². The van der Waals surface area contributed by atoms with Crippen LogP contribution in [0.25, 0.3) is 22.2 Å². The van der Waals surface area contributed by atoms with Crippen molar-refractivity contribution in [3.05, 3.63) is 103 Å². The van der Waals surface area contributed by atoms with Gasteiger partial charge in [0.2, 0.25) is 0 Å². The van der Waals surface area contributed by atoms with E-state index in [-0.39, 0.29) is 5.91 Å². The number of nitrogens with one attached hydrogen (secondary N) is 2. The Morgan fingerprint density at radius 1 is 0.967 bits per heavy atom. The van der Waals surface area contributed by atoms with Crippen molar-refractivity contribution < 1.29 is 4.79 Å². The summed E-state index contributed by atoms with van der Waals surface area (Å²) < 4.78 is 1.76. The Balaban J connectivity index is 1.37. The van der Waals surface area contributed by atoms with E-state index < -0.39 is 0 Å². The zero-order valence-corrected chi connectivity index (χ0v) is 16.1. The van der Waals surface area contributed by atoms with E-state index in [1.807, 2.05) is 72.9 Å². The number of benzene rings is 2. The zero-order valence-electron chi connectivity index (χ0n) is 16.1. The van der Waals surface area contributed by atoms with Crippen molar-refractivity contribution >= 4 is 22.6 Å². The lowest BCUT2D eigenvalue weighted by molar-refractivity contribution is 0.102. The normalized spacial score (nSPS) is 10.9. The average Bonchev–Trinajstić information content (AvgIpc) is 3.42. The minimum Gasteiger partial charge on any atom is -0.344 e. The standard InChI is InChI=1S/C24H19N5O/c30-24(20-13-27-29(16-20)15-17-7-3-1-4-8-17)28-22-14-26-23-21(22)11-19(12-25-23)18-9-5-2-6-10-18/h1-14,16H,15H2,(H,25,26)(H,28,30). The van der Waals surface area contributed by atoms with Crippen molar-refractivity contribution in [1.29, 1.82) is 0 Å². The molecule has 3 aromatic heterocycles. The summed E-state index contributed by atoms with van der Waals surface area (Å²) in [4.78, 5) is 20.4. The molecule has 30 heavy (non-hydrogen) atoms. The highest BCUT2D eigenvalue weighted by atomic mass is 16.1. The molecule has 0 aliphatic carbocycles. The van der Waals surface area contributed by atoms with Gasteiger partial charge in [0.1, 0.15) is 5.65 Å². The second-order valence-corrected chi connectivity index (χ2v) is 7.05. The summed E-state index contributed by atoms with van der Waals surface area (Å²) in [5.41, 5.74) is 5.12. The maximum atomic E-state index is 12.8. The number of aromatic nitrogens is 4. The van der Waals surface area contributed by atoms with Gasteiger partial charge in [-0.05, 0) is 17.2 Å². The number of fused-ring (bicyclic) bond motifs is 1. The van der Waals surface area contributed by atoms with E-state index in [4.69, 9.17) is 0 Å². The molecular weight excluding hydrogens is 374 g/mol. The van der Waals surface area contributed by atoms with Gasteiger partial charge in [0.25, 0.3) is 5.91 Å². The number of pyridine rings is 1. The van der Waals surface area contributed by atoms with Crippen LogP contribution >= 0.6 is 0 Å². The molecule has 0 radical (unpaired) electrons. The number of rotatable bonds is 5. The first-order valence-corrected chi connectivity index (χ1v) is 9.66. The van der Waals surface area contributed by atoms with E-state index in [1.54, 1.807) is 23.3 Å². The first kappa shape index (κ1) is 17.9. The molecule has 0 spiro atoms. The Labute approximate surface area is 173 Å². The van der Waals surface area contributed by atoms with Gasteiger partial charge in [-0.3, -0.25) is 9.48 Å². The largest absolute Gasteiger partial charge is 0.344 e. The second-order valence-electron chi connectivity index (χ2n) is 7.05. The molecule has 6 heteroatoms. The van der Waals surface area contributed by atoms with E-state index in [0.717, 1.165) is 27.7 Å². The van der Waals surface area contributed by atoms with Gasteiger partial charge in [0.05, 0.1) is 24.0 Å². The number of hydrogen-bond donors (Lipinski definition) is 2. The molecule has 5 rings (SSSR count). The van der Waals surface area contributed by atoms with Crippen LogP contribution in [0.1, 0.15) is 15.9 Å². The second kappa shape index (κ2) is 7.67. The summed E-state index contributed by atoms with van der Waals surface area (Å²) in [5.74, 6) is -0.208. The molecule has 2 N–H and O–H groups in total. The van der Waals surface area contributed by atoms with Crippen molar-refractivity contribution in [2.45, 2.75) is 6.54 Å². The molecule has 1 amide bonds. The minimum atomic E-state index is -0.208. The predicted molar refractivity (Wildman–Crippen MR) is 117 cm³/mol. The lowest BCUT2D eigenvalue weighted by Gasteiger charge is -2.04. The third-order valence-corrected chi connectivity index (χ3v) is 4.97. The number of H-pyrrole nitrogens is 1. The van der Waals surface area contributed by atoms with Gasteiger partial charge < -0.3 is 10.3 Å². The lowest BCUT2D eigenvalue weighted by Crippen LogP contribution is -2.11. The van der Waals surface area contributed by atoms with Crippen LogP contribution in [0.15, 0.2) is 91.5 Å². The van der Waals surface area contributed by atoms with Crippen LogP contribution in [0.5, 0.6) is 0 Å². The molecule has 0 fully saturated rings. The van der Waals surface area contributed by atoms with Crippen LogP contribution in [0.4, 0.5) is 5.69 Å². The van der Waals surface area contributed by atoms with Gasteiger partial charge in [0.15, 0.2) is 0 Å². The number of anilines is 1. The number of nitrogens with zero attached hydrogens (tertiary/aromatic N) is 3. The molecule has 0 bridgehead atoms. The molecule has 0 unspecified atom stereocenters. The quantitative estimate of drug-likeness (QED) is 0.453. The van der Waals surface area contributed by atoms with E-state index in [1.165, 1.54) is 0 Å². The Bertz CT molecular complexity index is 1310. The summed E-state index contributed by atoms with van der Waals surface area (Å²) >= 11 is 0. The molecule has 2 aromatic carbocycles. The van der Waals surface area contributed by atoms with Gasteiger partial charge in [-0.25, -0.2) is 4.98 Å². The molecule has 0 atom stereocenters. The molecule has 0 saturated carbocycles. The van der Waals surface area contributed by atoms with Gasteiger partial charge >= 0.3 is 0 Å². The van der Waals surface area contributed by atoms with Crippen molar-refractivity contribution in [3.63, 3.8) is 0 Å². The van der Waals surface area contributed by atoms with E-state index >= 15 is 0 Å². The molecule has 0 saturated heterocycles. The maximum absolute atomic E-state index is 12.8. The Kier molecular flexibility index (Phi) is 4.57. The maximum Gasteiger partial charge on any atom is 0.258 e. The van der Waals surface area contributed by atoms with E-state index in [0.29, 0.717) is 17.8 Å². The summed E-state index contributed by atoms with van der Waals surface area (Å²) in [5, 5.41) is 8.15. The van der Waals surface area contributed by atoms with Crippen LogP contribution in [0.2, 0.25) is 0 Å². The highest BCUT2D eigenvalue weighted by Crippen LogP contribution is 2.27. The van der Waals surface area contributed by atoms with Crippen molar-refractivity contribution in [3.8, 4) is 11.1 Å². The van der Waals surface area contributed by atoms with Gasteiger partial charge in [-0.15, -0.1) is 0 Å². The molecule has 5 aromatic rings. The fourth-order valence-electron chi connectivity index (χ4n) is 3.43. The summed E-state index contributed by atoms with van der Waals surface area (Å²) in [6.07, 6.45) is 6.93. The summed E-state index contributed by atoms with van der Waals surface area (Å²) in [6, 6.07) is 22.1. The predicted octanol–water partition coefficient (Wildman–Crippen LogP) is 4.73. The molecule has 0 aliphatic rings. The fraction of sp³-hybridized carbons (Fsp3) is 0.0417. The van der Waals surface area contributed by atoms with Crippen LogP contribution < -0.4 is 5.32 Å². The van der Waals surface area contributed by atoms with Crippen LogP contribution in [-0.2, 0) is 6.54 Å². The topological polar surface area (TPSA) is 75.6 Å². The zero-order chi connectivity index (χ0) is 20.3. The fourth-order valence-corrected chi connectivity index (χ4v) is 3.43. The number of carbonyl (C=O) groups excluding carboxylic acids is 1. The van der Waals surface area contributed by atoms with Crippen LogP contribution in [-0.4, -0.2) is 25.7 Å². The third-order valence-electron chi connectivity index (χ3n) is 4.97. The third kappa shape index (κ3) is 3.58. The molecule has 0 aliphatic heterocycles. The van der Waals surface area contributed by atoms with Gasteiger partial charge in [-0.1, -0.05) is 60.7 Å². The monoisotopic (exact) mass is 393 g/mol. The first-order valence-electron chi connectivity index (χ1n) is 9.66. The average molecular weight is 393 g/mol. The van der Waals surface area contributed by atoms with Gasteiger partial charge in [0, 0.05) is 29.5 Å². The Morgan fingerprint density at radius 3 is 2.53 bits per heavy atom. The number of carbonyl (C=O) groups is 1. The Morgan fingerprint density at radius 2 is 1.73 bits per heavy atom. The Hall–Kier alpha value is -4.19.